The van der Waals surface area contributed by atoms with Crippen LogP contribution in [0.15, 0.2) is 24.3 Å². The molecule has 1 atom stereocenters. The molecule has 5 nitrogen and oxygen atoms in total. The first-order chi connectivity index (χ1) is 10.8. The van der Waals surface area contributed by atoms with Crippen molar-refractivity contribution < 1.29 is 9.53 Å². The van der Waals surface area contributed by atoms with Crippen molar-refractivity contribution in [2.75, 3.05) is 38.6 Å². The van der Waals surface area contributed by atoms with Gasteiger partial charge < -0.3 is 19.9 Å². The van der Waals surface area contributed by atoms with Crippen LogP contribution in [0.25, 0.3) is 0 Å². The van der Waals surface area contributed by atoms with Gasteiger partial charge in [-0.3, -0.25) is 0 Å². The van der Waals surface area contributed by atoms with E-state index >= 15 is 0 Å². The molecule has 5 heteroatoms. The van der Waals surface area contributed by atoms with E-state index in [1.165, 1.54) is 25.9 Å². The molecular weight excluding hydrogens is 278 g/mol. The number of carbonyl (C=O) groups excluding carboxylic acids is 1. The Balaban J connectivity index is 1.57. The average Bonchev–Trinajstić information content (AvgIpc) is 3.20. The molecule has 0 spiro atoms. The highest BCUT2D eigenvalue weighted by Gasteiger charge is 2.30. The molecular formula is C17H25N3O2. The van der Waals surface area contributed by atoms with E-state index in [9.17, 15) is 4.79 Å². The molecule has 2 fully saturated rings. The second kappa shape index (κ2) is 7.01. The predicted molar refractivity (Wildman–Crippen MR) is 87.4 cm³/mol. The van der Waals surface area contributed by atoms with Gasteiger partial charge in [0.15, 0.2) is 0 Å². The second-order valence-corrected chi connectivity index (χ2v) is 6.16. The molecule has 2 heterocycles. The summed E-state index contributed by atoms with van der Waals surface area (Å²) in [6, 6.07) is 7.86. The van der Waals surface area contributed by atoms with Crippen molar-refractivity contribution in [3.05, 3.63) is 24.3 Å². The van der Waals surface area contributed by atoms with Crippen molar-refractivity contribution in [1.82, 2.24) is 9.80 Å². The van der Waals surface area contributed by atoms with Crippen LogP contribution in [-0.2, 0) is 0 Å². The average molecular weight is 303 g/mol. The van der Waals surface area contributed by atoms with Crippen molar-refractivity contribution >= 4 is 11.7 Å². The standard InChI is InChI=1S/C17H25N3O2/c1-22-16-8-6-14(7-9-16)18-17(21)20-12-4-5-15(20)13-19-10-2-3-11-19/h6-9,15H,2-5,10-13H2,1H3,(H,18,21). The number of nitrogens with one attached hydrogen (secondary N) is 1. The van der Waals surface area contributed by atoms with Gasteiger partial charge in [0.1, 0.15) is 5.75 Å². The van der Waals surface area contributed by atoms with E-state index in [1.54, 1.807) is 7.11 Å². The van der Waals surface area contributed by atoms with E-state index in [-0.39, 0.29) is 6.03 Å². The molecule has 0 radical (unpaired) electrons. The normalized spacial score (nSPS) is 22.0. The number of nitrogens with zero attached hydrogens (tertiary/aromatic N) is 2. The van der Waals surface area contributed by atoms with Crippen molar-refractivity contribution in [1.29, 1.82) is 0 Å². The third kappa shape index (κ3) is 3.53. The van der Waals surface area contributed by atoms with Gasteiger partial charge in [-0.15, -0.1) is 0 Å². The lowest BCUT2D eigenvalue weighted by molar-refractivity contribution is 0.186. The molecule has 0 bridgehead atoms. The zero-order chi connectivity index (χ0) is 15.4. The minimum Gasteiger partial charge on any atom is -0.497 e. The Labute approximate surface area is 132 Å². The lowest BCUT2D eigenvalue weighted by atomic mass is 10.2. The van der Waals surface area contributed by atoms with E-state index in [4.69, 9.17) is 4.74 Å². The third-order valence-corrected chi connectivity index (χ3v) is 4.65. The number of ether oxygens (including phenoxy) is 1. The van der Waals surface area contributed by atoms with Crippen LogP contribution in [-0.4, -0.2) is 55.2 Å². The Morgan fingerprint density at radius 2 is 1.91 bits per heavy atom. The van der Waals surface area contributed by atoms with Crippen LogP contribution in [0.3, 0.4) is 0 Å². The topological polar surface area (TPSA) is 44.8 Å². The van der Waals surface area contributed by atoms with Crippen LogP contribution in [0.2, 0.25) is 0 Å². The van der Waals surface area contributed by atoms with Crippen LogP contribution in [0.1, 0.15) is 25.7 Å². The molecule has 120 valence electrons. The van der Waals surface area contributed by atoms with Crippen molar-refractivity contribution in [3.8, 4) is 5.75 Å². The van der Waals surface area contributed by atoms with E-state index in [0.717, 1.165) is 37.4 Å². The fourth-order valence-electron chi connectivity index (χ4n) is 3.43. The maximum Gasteiger partial charge on any atom is 0.322 e. The van der Waals surface area contributed by atoms with Crippen LogP contribution in [0.4, 0.5) is 10.5 Å². The van der Waals surface area contributed by atoms with Gasteiger partial charge in [0.05, 0.1) is 7.11 Å². The van der Waals surface area contributed by atoms with Crippen molar-refractivity contribution in [2.45, 2.75) is 31.7 Å². The molecule has 3 rings (SSSR count). The summed E-state index contributed by atoms with van der Waals surface area (Å²) in [5.41, 5.74) is 0.817. The number of anilines is 1. The number of hydrogen-bond acceptors (Lipinski definition) is 3. The molecule has 1 aromatic rings. The van der Waals surface area contributed by atoms with E-state index in [1.807, 2.05) is 29.2 Å². The SMILES string of the molecule is COc1ccc(NC(=O)N2CCCC2CN2CCCC2)cc1. The van der Waals surface area contributed by atoms with Crippen LogP contribution < -0.4 is 10.1 Å². The van der Waals surface area contributed by atoms with Gasteiger partial charge in [-0.2, -0.15) is 0 Å². The maximum absolute atomic E-state index is 12.5. The first-order valence-corrected chi connectivity index (χ1v) is 8.20. The largest absolute Gasteiger partial charge is 0.497 e. The van der Waals surface area contributed by atoms with E-state index in [2.05, 4.69) is 10.2 Å². The summed E-state index contributed by atoms with van der Waals surface area (Å²) in [5, 5.41) is 3.00. The van der Waals surface area contributed by atoms with Gasteiger partial charge in [0.25, 0.3) is 0 Å². The quantitative estimate of drug-likeness (QED) is 0.930. The molecule has 2 aliphatic rings. The molecule has 0 aromatic heterocycles. The Morgan fingerprint density at radius 1 is 1.18 bits per heavy atom. The number of likely N-dealkylation sites (tertiary alicyclic amines) is 2. The molecule has 1 unspecified atom stereocenters. The van der Waals surface area contributed by atoms with Crippen LogP contribution in [0, 0.1) is 0 Å². The van der Waals surface area contributed by atoms with Gasteiger partial charge in [-0.1, -0.05) is 0 Å². The fourth-order valence-corrected chi connectivity index (χ4v) is 3.43. The number of carbonyl (C=O) groups is 1. The molecule has 2 saturated heterocycles. The number of urea groups is 1. The highest BCUT2D eigenvalue weighted by molar-refractivity contribution is 5.89. The Kier molecular flexibility index (Phi) is 4.83. The summed E-state index contributed by atoms with van der Waals surface area (Å²) in [6.45, 7) is 4.26. The monoisotopic (exact) mass is 303 g/mol. The fraction of sp³-hybridized carbons (Fsp3) is 0.588. The highest BCUT2D eigenvalue weighted by Crippen LogP contribution is 2.22. The summed E-state index contributed by atoms with van der Waals surface area (Å²) in [5.74, 6) is 0.797. The number of methoxy groups -OCH3 is 1. The van der Waals surface area contributed by atoms with Gasteiger partial charge in [-0.25, -0.2) is 4.79 Å². The maximum atomic E-state index is 12.5. The number of hydrogen-bond donors (Lipinski definition) is 1. The number of amides is 2. The summed E-state index contributed by atoms with van der Waals surface area (Å²) >= 11 is 0. The van der Waals surface area contributed by atoms with Gasteiger partial charge in [0.2, 0.25) is 0 Å². The minimum atomic E-state index is 0.0202. The zero-order valence-electron chi connectivity index (χ0n) is 13.3. The van der Waals surface area contributed by atoms with Gasteiger partial charge in [0, 0.05) is 24.8 Å². The second-order valence-electron chi connectivity index (χ2n) is 6.16. The van der Waals surface area contributed by atoms with E-state index < -0.39 is 0 Å². The first kappa shape index (κ1) is 15.2. The summed E-state index contributed by atoms with van der Waals surface area (Å²) in [6.07, 6.45) is 4.82. The number of benzene rings is 1. The smallest absolute Gasteiger partial charge is 0.322 e. The molecule has 0 saturated carbocycles. The molecule has 0 aliphatic carbocycles. The summed E-state index contributed by atoms with van der Waals surface area (Å²) in [7, 11) is 1.64. The zero-order valence-corrected chi connectivity index (χ0v) is 13.3. The highest BCUT2D eigenvalue weighted by atomic mass is 16.5. The Morgan fingerprint density at radius 3 is 2.59 bits per heavy atom. The Hall–Kier alpha value is -1.75. The van der Waals surface area contributed by atoms with E-state index in [0.29, 0.717) is 6.04 Å². The number of rotatable bonds is 4. The van der Waals surface area contributed by atoms with Crippen LogP contribution >= 0.6 is 0 Å². The van der Waals surface area contributed by atoms with Gasteiger partial charge >= 0.3 is 6.03 Å². The first-order valence-electron chi connectivity index (χ1n) is 8.20. The molecule has 2 amide bonds. The van der Waals surface area contributed by atoms with Crippen LogP contribution in [0.5, 0.6) is 5.75 Å². The predicted octanol–water partition coefficient (Wildman–Crippen LogP) is 2.79. The Bertz CT molecular complexity index is 497. The summed E-state index contributed by atoms with van der Waals surface area (Å²) < 4.78 is 5.14. The van der Waals surface area contributed by atoms with Gasteiger partial charge in [-0.05, 0) is 63.0 Å². The third-order valence-electron chi connectivity index (χ3n) is 4.65. The molecule has 22 heavy (non-hydrogen) atoms. The molecule has 2 aliphatic heterocycles. The van der Waals surface area contributed by atoms with Crippen molar-refractivity contribution in [3.63, 3.8) is 0 Å². The van der Waals surface area contributed by atoms with Crippen molar-refractivity contribution in [2.24, 2.45) is 0 Å². The summed E-state index contributed by atoms with van der Waals surface area (Å²) in [4.78, 5) is 17.0. The minimum absolute atomic E-state index is 0.0202. The molecule has 1 aromatic carbocycles. The molecule has 1 N–H and O–H groups in total. The lowest BCUT2D eigenvalue weighted by Gasteiger charge is -2.28. The lowest BCUT2D eigenvalue weighted by Crippen LogP contribution is -2.44.